The van der Waals surface area contributed by atoms with Crippen molar-refractivity contribution >= 4 is 0 Å². The summed E-state index contributed by atoms with van der Waals surface area (Å²) in [6.45, 7) is 5.17. The van der Waals surface area contributed by atoms with Gasteiger partial charge in [-0.05, 0) is 60.9 Å². The van der Waals surface area contributed by atoms with E-state index >= 15 is 0 Å². The molecular weight excluding hydrogens is 256 g/mol. The molecule has 0 radical (unpaired) electrons. The third-order valence-corrected chi connectivity index (χ3v) is 3.89. The molecule has 0 heterocycles. The summed E-state index contributed by atoms with van der Waals surface area (Å²) in [7, 11) is 0. The van der Waals surface area contributed by atoms with Crippen molar-refractivity contribution in [1.82, 2.24) is 0 Å². The summed E-state index contributed by atoms with van der Waals surface area (Å²) < 4.78 is 5.78. The standard InChI is InChI=1S/C20H26O/c1-3-17-8-10-19(11-9-17)7-5-6-16-21-20-14-12-18(4-2)13-15-20/h8-15H,3-7,16H2,1-2H3. The largest absolute Gasteiger partial charge is 0.494 e. The maximum absolute atomic E-state index is 5.78. The van der Waals surface area contributed by atoms with Crippen LogP contribution in [0.2, 0.25) is 0 Å². The van der Waals surface area contributed by atoms with Crippen LogP contribution in [0.5, 0.6) is 5.75 Å². The minimum absolute atomic E-state index is 0.804. The predicted molar refractivity (Wildman–Crippen MR) is 90.1 cm³/mol. The van der Waals surface area contributed by atoms with Crippen molar-refractivity contribution in [3.8, 4) is 5.75 Å². The van der Waals surface area contributed by atoms with Gasteiger partial charge in [0.2, 0.25) is 0 Å². The molecule has 0 fully saturated rings. The highest BCUT2D eigenvalue weighted by Gasteiger charge is 1.97. The maximum Gasteiger partial charge on any atom is 0.119 e. The number of unbranched alkanes of at least 4 members (excludes halogenated alkanes) is 1. The average Bonchev–Trinajstić information content (AvgIpc) is 2.55. The molecular formula is C20H26O. The van der Waals surface area contributed by atoms with Gasteiger partial charge in [0.15, 0.2) is 0 Å². The van der Waals surface area contributed by atoms with Crippen LogP contribution in [0, 0.1) is 0 Å². The van der Waals surface area contributed by atoms with E-state index < -0.39 is 0 Å². The van der Waals surface area contributed by atoms with Crippen LogP contribution in [0.1, 0.15) is 43.4 Å². The summed E-state index contributed by atoms with van der Waals surface area (Å²) in [4.78, 5) is 0. The summed E-state index contributed by atoms with van der Waals surface area (Å²) in [6.07, 6.45) is 5.62. The lowest BCUT2D eigenvalue weighted by Crippen LogP contribution is -1.98. The molecule has 2 rings (SSSR count). The van der Waals surface area contributed by atoms with Gasteiger partial charge in [0.25, 0.3) is 0 Å². The Labute approximate surface area is 129 Å². The number of rotatable bonds is 8. The second kappa shape index (κ2) is 8.51. The molecule has 0 saturated carbocycles. The Morgan fingerprint density at radius 2 is 1.19 bits per heavy atom. The third kappa shape index (κ3) is 5.26. The van der Waals surface area contributed by atoms with Gasteiger partial charge in [0, 0.05) is 0 Å². The van der Waals surface area contributed by atoms with Gasteiger partial charge >= 0.3 is 0 Å². The molecule has 0 saturated heterocycles. The van der Waals surface area contributed by atoms with Crippen molar-refractivity contribution in [3.63, 3.8) is 0 Å². The number of hydrogen-bond donors (Lipinski definition) is 0. The predicted octanol–water partition coefficient (Wildman–Crippen LogP) is 5.21. The first-order chi connectivity index (χ1) is 10.3. The van der Waals surface area contributed by atoms with E-state index in [2.05, 4.69) is 62.4 Å². The second-order valence-electron chi connectivity index (χ2n) is 5.47. The van der Waals surface area contributed by atoms with Crippen molar-refractivity contribution in [3.05, 3.63) is 65.2 Å². The summed E-state index contributed by atoms with van der Waals surface area (Å²) in [5.41, 5.74) is 4.20. The van der Waals surface area contributed by atoms with Crippen LogP contribution >= 0.6 is 0 Å². The topological polar surface area (TPSA) is 9.23 Å². The number of hydrogen-bond acceptors (Lipinski definition) is 1. The third-order valence-electron chi connectivity index (χ3n) is 3.89. The number of benzene rings is 2. The van der Waals surface area contributed by atoms with E-state index in [1.807, 2.05) is 0 Å². The smallest absolute Gasteiger partial charge is 0.119 e. The lowest BCUT2D eigenvalue weighted by Gasteiger charge is -2.07. The van der Waals surface area contributed by atoms with Gasteiger partial charge < -0.3 is 4.74 Å². The average molecular weight is 282 g/mol. The van der Waals surface area contributed by atoms with Crippen molar-refractivity contribution in [2.45, 2.75) is 46.0 Å². The Morgan fingerprint density at radius 3 is 1.76 bits per heavy atom. The van der Waals surface area contributed by atoms with Gasteiger partial charge in [-0.3, -0.25) is 0 Å². The Bertz CT molecular complexity index is 461. The van der Waals surface area contributed by atoms with Crippen molar-refractivity contribution in [1.29, 1.82) is 0 Å². The van der Waals surface area contributed by atoms with Gasteiger partial charge in [0.1, 0.15) is 5.75 Å². The van der Waals surface area contributed by atoms with Crippen molar-refractivity contribution in [2.24, 2.45) is 0 Å². The van der Waals surface area contributed by atoms with Crippen molar-refractivity contribution < 1.29 is 4.74 Å². The van der Waals surface area contributed by atoms with Crippen molar-refractivity contribution in [2.75, 3.05) is 6.61 Å². The van der Waals surface area contributed by atoms with Crippen LogP contribution in [0.25, 0.3) is 0 Å². The van der Waals surface area contributed by atoms with Gasteiger partial charge in [-0.15, -0.1) is 0 Å². The number of aryl methyl sites for hydroxylation is 3. The Morgan fingerprint density at radius 1 is 0.667 bits per heavy atom. The van der Waals surface area contributed by atoms with E-state index in [4.69, 9.17) is 4.74 Å². The first-order valence-corrected chi connectivity index (χ1v) is 8.11. The SMILES string of the molecule is CCc1ccc(CCCCOc2ccc(CC)cc2)cc1. The molecule has 2 aromatic rings. The molecule has 0 amide bonds. The summed E-state index contributed by atoms with van der Waals surface area (Å²) >= 11 is 0. The molecule has 2 aromatic carbocycles. The molecule has 1 heteroatoms. The minimum atomic E-state index is 0.804. The highest BCUT2D eigenvalue weighted by atomic mass is 16.5. The zero-order valence-electron chi connectivity index (χ0n) is 13.3. The molecule has 0 aromatic heterocycles. The van der Waals surface area contributed by atoms with Crippen LogP contribution in [-0.4, -0.2) is 6.61 Å². The van der Waals surface area contributed by atoms with Crippen LogP contribution in [0.4, 0.5) is 0 Å². The van der Waals surface area contributed by atoms with Gasteiger partial charge in [-0.25, -0.2) is 0 Å². The first kappa shape index (κ1) is 15.6. The monoisotopic (exact) mass is 282 g/mol. The maximum atomic E-state index is 5.78. The van der Waals surface area contributed by atoms with E-state index in [1.165, 1.54) is 23.1 Å². The lowest BCUT2D eigenvalue weighted by molar-refractivity contribution is 0.307. The molecule has 21 heavy (non-hydrogen) atoms. The van der Waals surface area contributed by atoms with Gasteiger partial charge in [0.05, 0.1) is 6.61 Å². The fourth-order valence-corrected chi connectivity index (χ4v) is 2.38. The zero-order valence-corrected chi connectivity index (χ0v) is 13.3. The summed E-state index contributed by atoms with van der Waals surface area (Å²) in [5.74, 6) is 0.986. The van der Waals surface area contributed by atoms with E-state index in [0.717, 1.165) is 38.0 Å². The van der Waals surface area contributed by atoms with Crippen LogP contribution in [0.3, 0.4) is 0 Å². The molecule has 0 N–H and O–H groups in total. The molecule has 0 unspecified atom stereocenters. The Kier molecular flexibility index (Phi) is 6.33. The first-order valence-electron chi connectivity index (χ1n) is 8.11. The highest BCUT2D eigenvalue weighted by molar-refractivity contribution is 5.27. The van der Waals surface area contributed by atoms with E-state index in [-0.39, 0.29) is 0 Å². The molecule has 0 spiro atoms. The second-order valence-corrected chi connectivity index (χ2v) is 5.47. The quantitative estimate of drug-likeness (QED) is 0.604. The van der Waals surface area contributed by atoms with Crippen LogP contribution < -0.4 is 4.74 Å². The van der Waals surface area contributed by atoms with E-state index in [1.54, 1.807) is 0 Å². The molecule has 0 aliphatic heterocycles. The molecule has 112 valence electrons. The Balaban J connectivity index is 1.64. The Hall–Kier alpha value is -1.76. The van der Waals surface area contributed by atoms with E-state index in [9.17, 15) is 0 Å². The van der Waals surface area contributed by atoms with Crippen LogP contribution in [-0.2, 0) is 19.3 Å². The zero-order chi connectivity index (χ0) is 14.9. The van der Waals surface area contributed by atoms with Gasteiger partial charge in [-0.2, -0.15) is 0 Å². The minimum Gasteiger partial charge on any atom is -0.494 e. The normalized spacial score (nSPS) is 10.6. The molecule has 1 nitrogen and oxygen atoms in total. The number of ether oxygens (including phenoxy) is 1. The van der Waals surface area contributed by atoms with Crippen LogP contribution in [0.15, 0.2) is 48.5 Å². The molecule has 0 aliphatic rings. The fraction of sp³-hybridized carbons (Fsp3) is 0.400. The summed E-state index contributed by atoms with van der Waals surface area (Å²) in [6, 6.07) is 17.4. The highest BCUT2D eigenvalue weighted by Crippen LogP contribution is 2.13. The summed E-state index contributed by atoms with van der Waals surface area (Å²) in [5, 5.41) is 0. The van der Waals surface area contributed by atoms with Gasteiger partial charge in [-0.1, -0.05) is 50.2 Å². The fourth-order valence-electron chi connectivity index (χ4n) is 2.38. The molecule has 0 bridgehead atoms. The molecule has 0 atom stereocenters. The lowest BCUT2D eigenvalue weighted by atomic mass is 10.1. The van der Waals surface area contributed by atoms with E-state index in [0.29, 0.717) is 0 Å². The molecule has 0 aliphatic carbocycles.